The first kappa shape index (κ1) is 16.5. The van der Waals surface area contributed by atoms with Gasteiger partial charge in [-0.2, -0.15) is 14.4 Å². The molecule has 0 bridgehead atoms. The first-order valence-corrected chi connectivity index (χ1v) is 8.44. The number of para-hydroxylation sites is 1. The third kappa shape index (κ3) is 2.70. The number of aromatic nitrogens is 7. The molecule has 28 heavy (non-hydrogen) atoms. The summed E-state index contributed by atoms with van der Waals surface area (Å²) in [4.78, 5) is 23.1. The van der Waals surface area contributed by atoms with Gasteiger partial charge in [0, 0.05) is 5.39 Å². The summed E-state index contributed by atoms with van der Waals surface area (Å²) in [7, 11) is 0. The lowest BCUT2D eigenvalue weighted by molar-refractivity contribution is 0.541. The Labute approximate surface area is 160 Å². The number of halogens is 2. The summed E-state index contributed by atoms with van der Waals surface area (Å²) in [5.41, 5.74) is 1.59. The topological polar surface area (TPSA) is 105 Å². The van der Waals surface area contributed by atoms with E-state index in [1.165, 1.54) is 17.1 Å². The number of hydrogen-bond acceptors (Lipinski definition) is 7. The van der Waals surface area contributed by atoms with Crippen molar-refractivity contribution in [3.05, 3.63) is 70.2 Å². The molecule has 0 saturated heterocycles. The zero-order chi connectivity index (χ0) is 19.3. The van der Waals surface area contributed by atoms with Gasteiger partial charge in [-0.25, -0.2) is 14.5 Å². The lowest BCUT2D eigenvalue weighted by atomic mass is 10.2. The Morgan fingerprint density at radius 1 is 1.21 bits per heavy atom. The number of benzene rings is 1. The predicted molar refractivity (Wildman–Crippen MR) is 96.8 cm³/mol. The third-order valence-electron chi connectivity index (χ3n) is 4.14. The van der Waals surface area contributed by atoms with Crippen molar-refractivity contribution in [1.29, 1.82) is 0 Å². The maximum absolute atomic E-state index is 13.5. The Morgan fingerprint density at radius 3 is 2.96 bits per heavy atom. The smallest absolute Gasteiger partial charge is 0.338 e. The van der Waals surface area contributed by atoms with E-state index in [4.69, 9.17) is 16.0 Å². The van der Waals surface area contributed by atoms with E-state index in [2.05, 4.69) is 25.3 Å². The molecule has 0 spiro atoms. The van der Waals surface area contributed by atoms with Gasteiger partial charge in [-0.3, -0.25) is 0 Å². The minimum Gasteiger partial charge on any atom is -0.423 e. The van der Waals surface area contributed by atoms with E-state index in [0.29, 0.717) is 27.9 Å². The summed E-state index contributed by atoms with van der Waals surface area (Å²) in [5, 5.41) is 8.86. The van der Waals surface area contributed by atoms with E-state index < -0.39 is 11.7 Å². The largest absolute Gasteiger partial charge is 0.423 e. The SMILES string of the molecule is O=c1cc(-n2cc(Cn3cnc4c(Cl)nc(F)nc43)nn2)c2ccccc2o1. The van der Waals surface area contributed by atoms with Crippen molar-refractivity contribution in [2.24, 2.45) is 0 Å². The number of rotatable bonds is 3. The van der Waals surface area contributed by atoms with Gasteiger partial charge in [0.15, 0.2) is 10.8 Å². The second kappa shape index (κ2) is 6.20. The van der Waals surface area contributed by atoms with Gasteiger partial charge in [-0.15, -0.1) is 5.10 Å². The van der Waals surface area contributed by atoms with Gasteiger partial charge < -0.3 is 8.98 Å². The Hall–Kier alpha value is -3.66. The zero-order valence-electron chi connectivity index (χ0n) is 14.0. The normalized spacial score (nSPS) is 11.5. The Balaban J connectivity index is 1.56. The summed E-state index contributed by atoms with van der Waals surface area (Å²) in [6, 6.07) is 8.47. The van der Waals surface area contributed by atoms with Gasteiger partial charge in [0.1, 0.15) is 16.8 Å². The highest BCUT2D eigenvalue weighted by atomic mass is 35.5. The molecule has 138 valence electrons. The molecule has 0 unspecified atom stereocenters. The summed E-state index contributed by atoms with van der Waals surface area (Å²) >= 11 is 5.90. The standard InChI is InChI=1S/C17H9ClFN7O2/c18-15-14-16(22-17(19)21-15)25(8-20-14)6-9-7-26(24-23-9)11-5-13(27)28-12-4-2-1-3-10(11)12/h1-5,7-8H,6H2. The first-order valence-electron chi connectivity index (χ1n) is 8.07. The van der Waals surface area contributed by atoms with Crippen LogP contribution in [-0.4, -0.2) is 34.5 Å². The molecule has 11 heteroatoms. The summed E-state index contributed by atoms with van der Waals surface area (Å²) in [5.74, 6) is 0. The summed E-state index contributed by atoms with van der Waals surface area (Å²) in [6.45, 7) is 0.225. The molecule has 5 aromatic rings. The lowest BCUT2D eigenvalue weighted by Crippen LogP contribution is -2.04. The molecule has 0 radical (unpaired) electrons. The molecule has 0 amide bonds. The molecule has 4 aromatic heterocycles. The van der Waals surface area contributed by atoms with E-state index in [1.54, 1.807) is 22.9 Å². The fourth-order valence-electron chi connectivity index (χ4n) is 2.95. The van der Waals surface area contributed by atoms with Crippen LogP contribution in [0.3, 0.4) is 0 Å². The second-order valence-electron chi connectivity index (χ2n) is 5.93. The van der Waals surface area contributed by atoms with Crippen LogP contribution in [0.1, 0.15) is 5.69 Å². The van der Waals surface area contributed by atoms with Gasteiger partial charge in [0.25, 0.3) is 0 Å². The average molecular weight is 398 g/mol. The van der Waals surface area contributed by atoms with E-state index in [0.717, 1.165) is 0 Å². The minimum absolute atomic E-state index is 0.0626. The van der Waals surface area contributed by atoms with Crippen LogP contribution < -0.4 is 5.63 Å². The molecular weight excluding hydrogens is 389 g/mol. The van der Waals surface area contributed by atoms with Gasteiger partial charge in [-0.05, 0) is 12.1 Å². The summed E-state index contributed by atoms with van der Waals surface area (Å²) < 4.78 is 21.7. The van der Waals surface area contributed by atoms with Crippen LogP contribution in [0.5, 0.6) is 0 Å². The van der Waals surface area contributed by atoms with Crippen molar-refractivity contribution in [1.82, 2.24) is 34.5 Å². The van der Waals surface area contributed by atoms with Crippen LogP contribution in [0, 0.1) is 6.08 Å². The number of hydrogen-bond donors (Lipinski definition) is 0. The van der Waals surface area contributed by atoms with E-state index in [-0.39, 0.29) is 17.3 Å². The maximum atomic E-state index is 13.5. The van der Waals surface area contributed by atoms with Crippen LogP contribution in [0.4, 0.5) is 4.39 Å². The molecule has 0 atom stereocenters. The van der Waals surface area contributed by atoms with Crippen molar-refractivity contribution in [3.8, 4) is 5.69 Å². The number of nitrogens with zero attached hydrogens (tertiary/aromatic N) is 7. The highest BCUT2D eigenvalue weighted by Crippen LogP contribution is 2.21. The van der Waals surface area contributed by atoms with Gasteiger partial charge >= 0.3 is 11.7 Å². The zero-order valence-corrected chi connectivity index (χ0v) is 14.7. The molecule has 0 aliphatic heterocycles. The van der Waals surface area contributed by atoms with Gasteiger partial charge in [-0.1, -0.05) is 28.9 Å². The van der Waals surface area contributed by atoms with E-state index >= 15 is 0 Å². The average Bonchev–Trinajstić information content (AvgIpc) is 3.29. The van der Waals surface area contributed by atoms with Crippen molar-refractivity contribution < 1.29 is 8.81 Å². The van der Waals surface area contributed by atoms with Crippen LogP contribution in [0.15, 0.2) is 52.1 Å². The molecule has 9 nitrogen and oxygen atoms in total. The molecule has 0 fully saturated rings. The Bertz CT molecular complexity index is 1410. The van der Waals surface area contributed by atoms with Crippen LogP contribution in [0.25, 0.3) is 27.8 Å². The first-order chi connectivity index (χ1) is 13.6. The van der Waals surface area contributed by atoms with Crippen molar-refractivity contribution in [3.63, 3.8) is 0 Å². The quantitative estimate of drug-likeness (QED) is 0.261. The highest BCUT2D eigenvalue weighted by Gasteiger charge is 2.14. The van der Waals surface area contributed by atoms with Crippen molar-refractivity contribution in [2.75, 3.05) is 0 Å². The lowest BCUT2D eigenvalue weighted by Gasteiger charge is -2.04. The second-order valence-corrected chi connectivity index (χ2v) is 6.29. The maximum Gasteiger partial charge on any atom is 0.338 e. The van der Waals surface area contributed by atoms with Crippen LogP contribution in [-0.2, 0) is 6.54 Å². The van der Waals surface area contributed by atoms with E-state index in [1.807, 2.05) is 12.1 Å². The monoisotopic (exact) mass is 397 g/mol. The molecule has 1 aromatic carbocycles. The fraction of sp³-hybridized carbons (Fsp3) is 0.0588. The minimum atomic E-state index is -0.939. The highest BCUT2D eigenvalue weighted by molar-refractivity contribution is 6.33. The number of fused-ring (bicyclic) bond motifs is 2. The summed E-state index contributed by atoms with van der Waals surface area (Å²) in [6.07, 6.45) is 2.19. The molecular formula is C17H9ClFN7O2. The van der Waals surface area contributed by atoms with E-state index in [9.17, 15) is 9.18 Å². The van der Waals surface area contributed by atoms with Gasteiger partial charge in [0.2, 0.25) is 0 Å². The van der Waals surface area contributed by atoms with Crippen LogP contribution >= 0.6 is 11.6 Å². The Morgan fingerprint density at radius 2 is 2.07 bits per heavy atom. The fourth-order valence-corrected chi connectivity index (χ4v) is 3.15. The number of imidazole rings is 1. The molecule has 0 N–H and O–H groups in total. The molecule has 0 aliphatic carbocycles. The van der Waals surface area contributed by atoms with Crippen molar-refractivity contribution in [2.45, 2.75) is 6.54 Å². The van der Waals surface area contributed by atoms with Crippen LogP contribution in [0.2, 0.25) is 5.15 Å². The molecule has 0 saturated carbocycles. The molecule has 0 aliphatic rings. The Kier molecular flexibility index (Phi) is 3.66. The van der Waals surface area contributed by atoms with Gasteiger partial charge in [0.05, 0.1) is 30.8 Å². The third-order valence-corrected chi connectivity index (χ3v) is 4.41. The molecule has 4 heterocycles. The van der Waals surface area contributed by atoms with Crippen molar-refractivity contribution >= 4 is 33.7 Å². The predicted octanol–water partition coefficient (Wildman–Crippen LogP) is 2.35. The molecule has 5 rings (SSSR count).